The van der Waals surface area contributed by atoms with Crippen molar-refractivity contribution in [3.8, 4) is 11.5 Å². The fraction of sp³-hybridized carbons (Fsp3) is 0.409. The molecule has 0 unspecified atom stereocenters. The molecule has 0 bridgehead atoms. The predicted molar refractivity (Wildman–Crippen MR) is 105 cm³/mol. The van der Waals surface area contributed by atoms with Crippen LogP contribution in [0.2, 0.25) is 0 Å². The van der Waals surface area contributed by atoms with Gasteiger partial charge in [0.05, 0.1) is 6.04 Å². The average Bonchev–Trinajstić information content (AvgIpc) is 2.58. The topological polar surface area (TPSA) is 47.6 Å². The predicted octanol–water partition coefficient (Wildman–Crippen LogP) is 4.27. The first kappa shape index (κ1) is 19.8. The van der Waals surface area contributed by atoms with Crippen LogP contribution in [0.4, 0.5) is 0 Å². The summed E-state index contributed by atoms with van der Waals surface area (Å²) in [6, 6.07) is 11.8. The van der Waals surface area contributed by atoms with Gasteiger partial charge in [-0.1, -0.05) is 24.3 Å². The van der Waals surface area contributed by atoms with Crippen molar-refractivity contribution in [2.24, 2.45) is 0 Å². The Hall–Kier alpha value is -2.49. The Morgan fingerprint density at radius 1 is 1.00 bits per heavy atom. The minimum Gasteiger partial charge on any atom is -0.491 e. The van der Waals surface area contributed by atoms with Crippen LogP contribution in [0.15, 0.2) is 36.4 Å². The maximum atomic E-state index is 12.4. The highest BCUT2D eigenvalue weighted by atomic mass is 16.5. The van der Waals surface area contributed by atoms with Gasteiger partial charge in [-0.05, 0) is 75.9 Å². The molecule has 1 N–H and O–H groups in total. The summed E-state index contributed by atoms with van der Waals surface area (Å²) in [7, 11) is 0. The molecule has 0 fully saturated rings. The number of hydrogen-bond acceptors (Lipinski definition) is 3. The van der Waals surface area contributed by atoms with Crippen molar-refractivity contribution in [3.05, 3.63) is 58.7 Å². The Bertz CT molecular complexity index is 770. The molecule has 0 heterocycles. The lowest BCUT2D eigenvalue weighted by Gasteiger charge is -2.21. The van der Waals surface area contributed by atoms with E-state index >= 15 is 0 Å². The van der Waals surface area contributed by atoms with Gasteiger partial charge in [-0.25, -0.2) is 0 Å². The monoisotopic (exact) mass is 355 g/mol. The molecule has 0 aliphatic heterocycles. The van der Waals surface area contributed by atoms with E-state index in [1.165, 1.54) is 0 Å². The van der Waals surface area contributed by atoms with Gasteiger partial charge in [-0.3, -0.25) is 4.79 Å². The first-order valence-electron chi connectivity index (χ1n) is 9.01. The third-order valence-corrected chi connectivity index (χ3v) is 4.41. The van der Waals surface area contributed by atoms with E-state index in [1.54, 1.807) is 6.92 Å². The van der Waals surface area contributed by atoms with E-state index in [1.807, 2.05) is 65.0 Å². The molecular weight excluding hydrogens is 326 g/mol. The summed E-state index contributed by atoms with van der Waals surface area (Å²) in [5, 5.41) is 2.95. The molecule has 0 saturated heterocycles. The second kappa shape index (κ2) is 8.75. The van der Waals surface area contributed by atoms with Gasteiger partial charge in [0.1, 0.15) is 18.1 Å². The molecule has 4 nitrogen and oxygen atoms in total. The van der Waals surface area contributed by atoms with Crippen LogP contribution in [0.1, 0.15) is 36.1 Å². The summed E-state index contributed by atoms with van der Waals surface area (Å²) in [6.07, 6.45) is -0.573. The molecular formula is C22H29NO3. The van der Waals surface area contributed by atoms with Crippen LogP contribution in [0.25, 0.3) is 0 Å². The van der Waals surface area contributed by atoms with Crippen molar-refractivity contribution in [2.45, 2.75) is 53.7 Å². The molecule has 2 aromatic carbocycles. The van der Waals surface area contributed by atoms with E-state index in [9.17, 15) is 4.79 Å². The van der Waals surface area contributed by atoms with Gasteiger partial charge in [0.2, 0.25) is 0 Å². The third-order valence-electron chi connectivity index (χ3n) is 4.41. The molecule has 0 aliphatic rings. The van der Waals surface area contributed by atoms with Crippen molar-refractivity contribution in [1.82, 2.24) is 5.32 Å². The Balaban J connectivity index is 1.89. The number of hydrogen-bond donors (Lipinski definition) is 1. The van der Waals surface area contributed by atoms with E-state index < -0.39 is 6.10 Å². The molecule has 2 atom stereocenters. The Morgan fingerprint density at radius 2 is 1.69 bits per heavy atom. The maximum Gasteiger partial charge on any atom is 0.261 e. The van der Waals surface area contributed by atoms with Crippen LogP contribution in [0.5, 0.6) is 11.5 Å². The van der Waals surface area contributed by atoms with Gasteiger partial charge in [-0.2, -0.15) is 0 Å². The first-order chi connectivity index (χ1) is 12.3. The van der Waals surface area contributed by atoms with E-state index in [4.69, 9.17) is 9.47 Å². The second-order valence-corrected chi connectivity index (χ2v) is 6.95. The summed E-state index contributed by atoms with van der Waals surface area (Å²) >= 11 is 0. The van der Waals surface area contributed by atoms with Gasteiger partial charge in [0.25, 0.3) is 5.91 Å². The largest absolute Gasteiger partial charge is 0.491 e. The lowest BCUT2D eigenvalue weighted by molar-refractivity contribution is -0.128. The van der Waals surface area contributed by atoms with Crippen LogP contribution in [-0.2, 0) is 4.79 Å². The van der Waals surface area contributed by atoms with E-state index in [0.29, 0.717) is 6.61 Å². The Labute approximate surface area is 156 Å². The van der Waals surface area contributed by atoms with Crippen LogP contribution in [0.3, 0.4) is 0 Å². The fourth-order valence-electron chi connectivity index (χ4n) is 2.70. The third kappa shape index (κ3) is 5.25. The quantitative estimate of drug-likeness (QED) is 0.807. The molecule has 2 rings (SSSR count). The molecule has 140 valence electrons. The molecule has 2 aromatic rings. The lowest BCUT2D eigenvalue weighted by Crippen LogP contribution is -2.43. The maximum absolute atomic E-state index is 12.4. The first-order valence-corrected chi connectivity index (χ1v) is 9.01. The highest BCUT2D eigenvalue weighted by molar-refractivity contribution is 5.81. The minimum atomic E-state index is -0.573. The highest BCUT2D eigenvalue weighted by Gasteiger charge is 2.18. The van der Waals surface area contributed by atoms with Crippen LogP contribution < -0.4 is 14.8 Å². The minimum absolute atomic E-state index is 0.117. The number of carbonyl (C=O) groups is 1. The molecule has 4 heteroatoms. The lowest BCUT2D eigenvalue weighted by atomic mass is 10.1. The zero-order chi connectivity index (χ0) is 19.3. The summed E-state index contributed by atoms with van der Waals surface area (Å²) in [5.74, 6) is 1.45. The SMILES string of the molecule is Cc1cc(C)c(C)c(O[C@@H](C)C(=O)N[C@H](C)COc2ccccc2C)c1. The Morgan fingerprint density at radius 3 is 2.38 bits per heavy atom. The number of amides is 1. The van der Waals surface area contributed by atoms with Gasteiger partial charge < -0.3 is 14.8 Å². The van der Waals surface area contributed by atoms with Crippen molar-refractivity contribution < 1.29 is 14.3 Å². The molecule has 1 amide bonds. The number of benzene rings is 2. The standard InChI is InChI=1S/C22H29NO3/c1-14-11-16(3)18(5)21(12-14)26-19(6)22(24)23-17(4)13-25-20-10-8-7-9-15(20)2/h7-12,17,19H,13H2,1-6H3,(H,23,24)/t17-,19+/m1/s1. The number of nitrogens with one attached hydrogen (secondary N) is 1. The van der Waals surface area contributed by atoms with Gasteiger partial charge >= 0.3 is 0 Å². The number of para-hydroxylation sites is 1. The van der Waals surface area contributed by atoms with Crippen LogP contribution in [0, 0.1) is 27.7 Å². The van der Waals surface area contributed by atoms with E-state index in [-0.39, 0.29) is 11.9 Å². The van der Waals surface area contributed by atoms with Gasteiger partial charge in [0.15, 0.2) is 6.10 Å². The van der Waals surface area contributed by atoms with Gasteiger partial charge in [-0.15, -0.1) is 0 Å². The molecule has 0 spiro atoms. The molecule has 0 saturated carbocycles. The summed E-state index contributed by atoms with van der Waals surface area (Å²) in [6.45, 7) is 12.2. The van der Waals surface area contributed by atoms with Crippen molar-refractivity contribution in [2.75, 3.05) is 6.61 Å². The highest BCUT2D eigenvalue weighted by Crippen LogP contribution is 2.24. The zero-order valence-corrected chi connectivity index (χ0v) is 16.6. The zero-order valence-electron chi connectivity index (χ0n) is 16.6. The fourth-order valence-corrected chi connectivity index (χ4v) is 2.70. The second-order valence-electron chi connectivity index (χ2n) is 6.95. The van der Waals surface area contributed by atoms with Gasteiger partial charge in [0, 0.05) is 0 Å². The molecule has 26 heavy (non-hydrogen) atoms. The van der Waals surface area contributed by atoms with Crippen LogP contribution >= 0.6 is 0 Å². The van der Waals surface area contributed by atoms with Crippen molar-refractivity contribution >= 4 is 5.91 Å². The summed E-state index contributed by atoms with van der Waals surface area (Å²) in [5.41, 5.74) is 4.42. The van der Waals surface area contributed by atoms with Crippen LogP contribution in [-0.4, -0.2) is 24.7 Å². The average molecular weight is 355 g/mol. The number of carbonyl (C=O) groups excluding carboxylic acids is 1. The summed E-state index contributed by atoms with van der Waals surface area (Å²) in [4.78, 5) is 12.4. The number of ether oxygens (including phenoxy) is 2. The van der Waals surface area contributed by atoms with E-state index in [0.717, 1.165) is 33.8 Å². The number of aryl methyl sites for hydroxylation is 3. The smallest absolute Gasteiger partial charge is 0.261 e. The molecule has 0 aliphatic carbocycles. The number of rotatable bonds is 7. The summed E-state index contributed by atoms with van der Waals surface area (Å²) < 4.78 is 11.7. The Kier molecular flexibility index (Phi) is 6.67. The molecule has 0 radical (unpaired) electrons. The van der Waals surface area contributed by atoms with Crippen molar-refractivity contribution in [3.63, 3.8) is 0 Å². The van der Waals surface area contributed by atoms with E-state index in [2.05, 4.69) is 11.4 Å². The molecule has 0 aromatic heterocycles. The van der Waals surface area contributed by atoms with Crippen molar-refractivity contribution in [1.29, 1.82) is 0 Å². The normalized spacial score (nSPS) is 13.0.